The molecule has 0 amide bonds. The molecule has 0 atom stereocenters. The van der Waals surface area contributed by atoms with Crippen molar-refractivity contribution < 1.29 is 8.42 Å². The predicted molar refractivity (Wildman–Crippen MR) is 104 cm³/mol. The Morgan fingerprint density at radius 1 is 0.926 bits per heavy atom. The van der Waals surface area contributed by atoms with Gasteiger partial charge in [-0.1, -0.05) is 29.8 Å². The van der Waals surface area contributed by atoms with E-state index in [1.54, 1.807) is 66.7 Å². The van der Waals surface area contributed by atoms with Gasteiger partial charge in [0.15, 0.2) is 5.82 Å². The first-order chi connectivity index (χ1) is 13.0. The topological polar surface area (TPSA) is 75.8 Å². The number of imidazole rings is 1. The maximum atomic E-state index is 13.4. The molecule has 4 rings (SSSR count). The summed E-state index contributed by atoms with van der Waals surface area (Å²) in [5.74, 6) is 0.321. The fourth-order valence-corrected chi connectivity index (χ4v) is 4.42. The number of hydrogen-bond acceptors (Lipinski definition) is 4. The molecule has 0 radical (unpaired) electrons. The van der Waals surface area contributed by atoms with Crippen molar-refractivity contribution in [3.8, 4) is 17.5 Å². The van der Waals surface area contributed by atoms with E-state index in [-0.39, 0.29) is 4.90 Å². The number of aromatic nitrogens is 2. The maximum absolute atomic E-state index is 13.4. The standard InChI is InChI=1S/C21H15N3O2S/c1-15-6-12-18(13-7-15)27(25,26)24-20-5-3-2-4-19(20)23-21(24)17-10-8-16(14-22)9-11-17/h2-13H,1H3. The van der Waals surface area contributed by atoms with Crippen LogP contribution in [0.15, 0.2) is 77.7 Å². The van der Waals surface area contributed by atoms with Crippen LogP contribution < -0.4 is 0 Å². The first-order valence-corrected chi connectivity index (χ1v) is 9.75. The minimum Gasteiger partial charge on any atom is -0.227 e. The minimum absolute atomic E-state index is 0.200. The lowest BCUT2D eigenvalue weighted by Crippen LogP contribution is -2.14. The van der Waals surface area contributed by atoms with Crippen molar-refractivity contribution in [2.24, 2.45) is 0 Å². The van der Waals surface area contributed by atoms with Crippen LogP contribution in [-0.2, 0) is 10.0 Å². The average molecular weight is 373 g/mol. The van der Waals surface area contributed by atoms with E-state index in [4.69, 9.17) is 5.26 Å². The monoisotopic (exact) mass is 373 g/mol. The fraction of sp³-hybridized carbons (Fsp3) is 0.0476. The molecule has 27 heavy (non-hydrogen) atoms. The number of benzene rings is 3. The third-order valence-electron chi connectivity index (χ3n) is 4.35. The number of nitrogens with zero attached hydrogens (tertiary/aromatic N) is 3. The lowest BCUT2D eigenvalue weighted by atomic mass is 10.1. The van der Waals surface area contributed by atoms with E-state index in [0.717, 1.165) is 5.56 Å². The Balaban J connectivity index is 2.01. The summed E-state index contributed by atoms with van der Waals surface area (Å²) in [6.07, 6.45) is 0. The van der Waals surface area contributed by atoms with Gasteiger partial charge in [0.05, 0.1) is 27.6 Å². The van der Waals surface area contributed by atoms with Crippen molar-refractivity contribution >= 4 is 21.1 Å². The van der Waals surface area contributed by atoms with Gasteiger partial charge in [-0.25, -0.2) is 17.4 Å². The zero-order valence-corrected chi connectivity index (χ0v) is 15.3. The highest BCUT2D eigenvalue weighted by molar-refractivity contribution is 7.90. The second-order valence-corrected chi connectivity index (χ2v) is 7.98. The highest BCUT2D eigenvalue weighted by atomic mass is 32.2. The number of para-hydroxylation sites is 2. The van der Waals surface area contributed by atoms with E-state index in [2.05, 4.69) is 11.1 Å². The lowest BCUT2D eigenvalue weighted by Gasteiger charge is -2.11. The molecule has 0 aliphatic heterocycles. The Bertz CT molecular complexity index is 1280. The zero-order valence-electron chi connectivity index (χ0n) is 14.5. The van der Waals surface area contributed by atoms with E-state index >= 15 is 0 Å². The fourth-order valence-electron chi connectivity index (χ4n) is 2.94. The van der Waals surface area contributed by atoms with Gasteiger partial charge in [0.25, 0.3) is 10.0 Å². The molecule has 0 aliphatic rings. The van der Waals surface area contributed by atoms with E-state index in [1.807, 2.05) is 13.0 Å². The summed E-state index contributed by atoms with van der Waals surface area (Å²) in [4.78, 5) is 4.75. The van der Waals surface area contributed by atoms with Crippen LogP contribution in [0.4, 0.5) is 0 Å². The zero-order chi connectivity index (χ0) is 19.0. The molecule has 5 nitrogen and oxygen atoms in total. The summed E-state index contributed by atoms with van der Waals surface area (Å²) in [7, 11) is -3.84. The van der Waals surface area contributed by atoms with Crippen LogP contribution in [0.3, 0.4) is 0 Å². The first-order valence-electron chi connectivity index (χ1n) is 8.31. The molecule has 0 saturated heterocycles. The SMILES string of the molecule is Cc1ccc(S(=O)(=O)n2c(-c3ccc(C#N)cc3)nc3ccccc32)cc1. The van der Waals surface area contributed by atoms with Crippen molar-refractivity contribution in [2.45, 2.75) is 11.8 Å². The number of fused-ring (bicyclic) bond motifs is 1. The van der Waals surface area contributed by atoms with E-state index in [0.29, 0.717) is 28.0 Å². The van der Waals surface area contributed by atoms with Crippen LogP contribution in [0.2, 0.25) is 0 Å². The van der Waals surface area contributed by atoms with Gasteiger partial charge in [0.1, 0.15) is 0 Å². The molecule has 132 valence electrons. The molecule has 0 saturated carbocycles. The van der Waals surface area contributed by atoms with Crippen molar-refractivity contribution in [2.75, 3.05) is 0 Å². The number of rotatable bonds is 3. The van der Waals surface area contributed by atoms with E-state index in [9.17, 15) is 8.42 Å². The Hall–Kier alpha value is -3.43. The number of nitriles is 1. The largest absolute Gasteiger partial charge is 0.269 e. The van der Waals surface area contributed by atoms with Crippen LogP contribution in [0, 0.1) is 18.3 Å². The second kappa shape index (κ2) is 6.38. The Morgan fingerprint density at radius 2 is 1.59 bits per heavy atom. The van der Waals surface area contributed by atoms with Gasteiger partial charge in [-0.15, -0.1) is 0 Å². The van der Waals surface area contributed by atoms with Crippen LogP contribution in [0.1, 0.15) is 11.1 Å². The molecule has 0 unspecified atom stereocenters. The molecule has 1 heterocycles. The van der Waals surface area contributed by atoms with Crippen LogP contribution in [-0.4, -0.2) is 17.4 Å². The predicted octanol–water partition coefficient (Wildman–Crippen LogP) is 4.12. The molecule has 3 aromatic carbocycles. The van der Waals surface area contributed by atoms with E-state index < -0.39 is 10.0 Å². The van der Waals surface area contributed by atoms with E-state index in [1.165, 1.54) is 3.97 Å². The summed E-state index contributed by atoms with van der Waals surface area (Å²) < 4.78 is 28.1. The molecule has 0 bridgehead atoms. The van der Waals surface area contributed by atoms with Gasteiger partial charge in [0, 0.05) is 5.56 Å². The van der Waals surface area contributed by atoms with Gasteiger partial charge in [-0.3, -0.25) is 0 Å². The van der Waals surface area contributed by atoms with Crippen molar-refractivity contribution in [3.63, 3.8) is 0 Å². The van der Waals surface area contributed by atoms with Gasteiger partial charge in [0.2, 0.25) is 0 Å². The Labute approximate surface area is 157 Å². The molecule has 4 aromatic rings. The van der Waals surface area contributed by atoms with Gasteiger partial charge in [-0.05, 0) is 55.5 Å². The number of hydrogen-bond donors (Lipinski definition) is 0. The summed E-state index contributed by atoms with van der Waals surface area (Å²) in [5.41, 5.74) is 3.21. The Morgan fingerprint density at radius 3 is 2.26 bits per heavy atom. The average Bonchev–Trinajstić information content (AvgIpc) is 3.09. The number of aryl methyl sites for hydroxylation is 1. The molecule has 1 aromatic heterocycles. The molecule has 0 N–H and O–H groups in total. The smallest absolute Gasteiger partial charge is 0.227 e. The maximum Gasteiger partial charge on any atom is 0.269 e. The van der Waals surface area contributed by atoms with Gasteiger partial charge < -0.3 is 0 Å². The molecule has 0 spiro atoms. The van der Waals surface area contributed by atoms with Crippen LogP contribution in [0.25, 0.3) is 22.4 Å². The third-order valence-corrected chi connectivity index (χ3v) is 6.07. The summed E-state index contributed by atoms with van der Waals surface area (Å²) >= 11 is 0. The molecular weight excluding hydrogens is 358 g/mol. The molecule has 0 aliphatic carbocycles. The highest BCUT2D eigenvalue weighted by Gasteiger charge is 2.25. The first kappa shape index (κ1) is 17.0. The molecular formula is C21H15N3O2S. The summed E-state index contributed by atoms with van der Waals surface area (Å²) in [5, 5.41) is 9.00. The highest BCUT2D eigenvalue weighted by Crippen LogP contribution is 2.29. The van der Waals surface area contributed by atoms with Crippen LogP contribution in [0.5, 0.6) is 0 Å². The Kier molecular flexibility index (Phi) is 4.02. The van der Waals surface area contributed by atoms with Gasteiger partial charge >= 0.3 is 0 Å². The second-order valence-electron chi connectivity index (χ2n) is 6.20. The summed E-state index contributed by atoms with van der Waals surface area (Å²) in [6, 6.07) is 22.6. The van der Waals surface area contributed by atoms with Crippen LogP contribution >= 0.6 is 0 Å². The lowest BCUT2D eigenvalue weighted by molar-refractivity contribution is 0.589. The summed E-state index contributed by atoms with van der Waals surface area (Å²) in [6.45, 7) is 1.91. The molecule has 0 fully saturated rings. The third kappa shape index (κ3) is 2.88. The minimum atomic E-state index is -3.84. The van der Waals surface area contributed by atoms with Crippen molar-refractivity contribution in [1.82, 2.24) is 8.96 Å². The molecule has 6 heteroatoms. The van der Waals surface area contributed by atoms with Gasteiger partial charge in [-0.2, -0.15) is 5.26 Å². The normalized spacial score (nSPS) is 11.4. The van der Waals surface area contributed by atoms with Crippen molar-refractivity contribution in [1.29, 1.82) is 5.26 Å². The van der Waals surface area contributed by atoms with Crippen molar-refractivity contribution in [3.05, 3.63) is 83.9 Å². The quantitative estimate of drug-likeness (QED) is 0.541.